The second-order valence-corrected chi connectivity index (χ2v) is 4.72. The van der Waals surface area contributed by atoms with Crippen molar-refractivity contribution >= 4 is 0 Å². The Kier molecular flexibility index (Phi) is 9.17. The van der Waals surface area contributed by atoms with Gasteiger partial charge in [0.25, 0.3) is 0 Å². The van der Waals surface area contributed by atoms with E-state index in [9.17, 15) is 0 Å². The Morgan fingerprint density at radius 1 is 0.833 bits per heavy atom. The summed E-state index contributed by atoms with van der Waals surface area (Å²) in [6.07, 6.45) is 8.46. The maximum atomic E-state index is 2.33. The Hall–Kier alpha value is -0.0400. The molecule has 0 amide bonds. The van der Waals surface area contributed by atoms with Crippen LogP contribution in [0.4, 0.5) is 0 Å². The van der Waals surface area contributed by atoms with Crippen LogP contribution in [0, 0.1) is 5.41 Å². The molecule has 0 radical (unpaired) electrons. The fourth-order valence-corrected chi connectivity index (χ4v) is 1.26. The van der Waals surface area contributed by atoms with Gasteiger partial charge in [-0.25, -0.2) is 0 Å². The maximum absolute atomic E-state index is 2.33. The van der Waals surface area contributed by atoms with Crippen molar-refractivity contribution in [3.63, 3.8) is 0 Å². The highest BCUT2D eigenvalue weighted by atomic mass is 14.1. The molecule has 1 nitrogen and oxygen atoms in total. The van der Waals surface area contributed by atoms with Crippen molar-refractivity contribution in [2.75, 3.05) is 0 Å². The molecule has 0 saturated heterocycles. The molecule has 0 atom stereocenters. The summed E-state index contributed by atoms with van der Waals surface area (Å²) in [5.41, 5.74) is 0.548. The number of hydrogen-bond donors (Lipinski definition) is 1. The monoisotopic (exact) mass is 173 g/mol. The van der Waals surface area contributed by atoms with E-state index in [1.54, 1.807) is 0 Å². The van der Waals surface area contributed by atoms with Crippen LogP contribution in [0.2, 0.25) is 0 Å². The summed E-state index contributed by atoms with van der Waals surface area (Å²) in [6.45, 7) is 9.25. The first kappa shape index (κ1) is 14.5. The molecule has 76 valence electrons. The Morgan fingerprint density at radius 3 is 1.75 bits per heavy atom. The Morgan fingerprint density at radius 2 is 1.33 bits per heavy atom. The number of hydrogen-bond acceptors (Lipinski definition) is 1. The zero-order valence-corrected chi connectivity index (χ0v) is 9.45. The summed E-state index contributed by atoms with van der Waals surface area (Å²) in [7, 11) is 0. The van der Waals surface area contributed by atoms with E-state index in [2.05, 4.69) is 27.7 Å². The lowest BCUT2D eigenvalue weighted by Crippen LogP contribution is -2.03. The third kappa shape index (κ3) is 12.6. The molecular weight excluding hydrogens is 146 g/mol. The molecule has 0 aliphatic carbocycles. The van der Waals surface area contributed by atoms with E-state index in [-0.39, 0.29) is 6.15 Å². The minimum absolute atomic E-state index is 0. The predicted octanol–water partition coefficient (Wildman–Crippen LogP) is 4.56. The van der Waals surface area contributed by atoms with Crippen molar-refractivity contribution in [2.45, 2.75) is 66.2 Å². The first-order valence-corrected chi connectivity index (χ1v) is 5.06. The summed E-state index contributed by atoms with van der Waals surface area (Å²) >= 11 is 0. The summed E-state index contributed by atoms with van der Waals surface area (Å²) < 4.78 is 0. The smallest absolute Gasteiger partial charge is 0.0383 e. The average Bonchev–Trinajstić information content (AvgIpc) is 1.85. The second kappa shape index (κ2) is 7.60. The third-order valence-electron chi connectivity index (χ3n) is 2.03. The minimum Gasteiger partial charge on any atom is -0.344 e. The maximum Gasteiger partial charge on any atom is -0.0383 e. The Balaban J connectivity index is 0. The summed E-state index contributed by atoms with van der Waals surface area (Å²) in [4.78, 5) is 0. The van der Waals surface area contributed by atoms with Crippen molar-refractivity contribution < 1.29 is 0 Å². The molecule has 0 unspecified atom stereocenters. The van der Waals surface area contributed by atoms with Gasteiger partial charge in [0.2, 0.25) is 0 Å². The number of unbranched alkanes of at least 4 members (excludes halogenated alkanes) is 4. The van der Waals surface area contributed by atoms with E-state index in [0.29, 0.717) is 5.41 Å². The van der Waals surface area contributed by atoms with Gasteiger partial charge in [-0.05, 0) is 11.8 Å². The molecule has 0 spiro atoms. The molecular formula is C11H27N. The zero-order chi connectivity index (χ0) is 8.74. The molecule has 0 bridgehead atoms. The van der Waals surface area contributed by atoms with E-state index in [0.717, 1.165) is 0 Å². The average molecular weight is 173 g/mol. The van der Waals surface area contributed by atoms with Gasteiger partial charge in [-0.15, -0.1) is 0 Å². The normalized spacial score (nSPS) is 11.0. The summed E-state index contributed by atoms with van der Waals surface area (Å²) in [6, 6.07) is 0. The third-order valence-corrected chi connectivity index (χ3v) is 2.03. The van der Waals surface area contributed by atoms with E-state index in [1.165, 1.54) is 38.5 Å². The van der Waals surface area contributed by atoms with Crippen LogP contribution in [0.25, 0.3) is 0 Å². The van der Waals surface area contributed by atoms with Gasteiger partial charge in [-0.3, -0.25) is 0 Å². The van der Waals surface area contributed by atoms with Crippen LogP contribution >= 0.6 is 0 Å². The van der Waals surface area contributed by atoms with E-state index in [1.807, 2.05) is 0 Å². The van der Waals surface area contributed by atoms with E-state index >= 15 is 0 Å². The summed E-state index contributed by atoms with van der Waals surface area (Å²) in [5.74, 6) is 0. The standard InChI is InChI=1S/C11H24.H3N/c1-5-6-7-8-9-10-11(2,3)4;/h5-10H2,1-4H3;1H3. The molecule has 0 rings (SSSR count). The minimum atomic E-state index is 0. The van der Waals surface area contributed by atoms with Crippen molar-refractivity contribution in [1.82, 2.24) is 6.15 Å². The largest absolute Gasteiger partial charge is 0.344 e. The van der Waals surface area contributed by atoms with Gasteiger partial charge in [0, 0.05) is 0 Å². The van der Waals surface area contributed by atoms with Crippen molar-refractivity contribution in [3.8, 4) is 0 Å². The molecule has 12 heavy (non-hydrogen) atoms. The molecule has 0 heterocycles. The van der Waals surface area contributed by atoms with Crippen molar-refractivity contribution in [1.29, 1.82) is 0 Å². The molecule has 0 saturated carbocycles. The van der Waals surface area contributed by atoms with Crippen molar-refractivity contribution in [2.24, 2.45) is 5.41 Å². The zero-order valence-electron chi connectivity index (χ0n) is 9.45. The van der Waals surface area contributed by atoms with Crippen molar-refractivity contribution in [3.05, 3.63) is 0 Å². The lowest BCUT2D eigenvalue weighted by molar-refractivity contribution is 0.357. The quantitative estimate of drug-likeness (QED) is 0.608. The lowest BCUT2D eigenvalue weighted by atomic mass is 9.89. The second-order valence-electron chi connectivity index (χ2n) is 4.72. The first-order chi connectivity index (χ1) is 5.06. The van der Waals surface area contributed by atoms with Crippen LogP contribution in [0.1, 0.15) is 66.2 Å². The van der Waals surface area contributed by atoms with Crippen LogP contribution in [-0.2, 0) is 0 Å². The first-order valence-electron chi connectivity index (χ1n) is 5.06. The highest BCUT2D eigenvalue weighted by molar-refractivity contribution is 4.60. The predicted molar refractivity (Wildman–Crippen MR) is 57.9 cm³/mol. The van der Waals surface area contributed by atoms with E-state index in [4.69, 9.17) is 0 Å². The lowest BCUT2D eigenvalue weighted by Gasteiger charge is -2.17. The van der Waals surface area contributed by atoms with Gasteiger partial charge in [0.05, 0.1) is 0 Å². The highest BCUT2D eigenvalue weighted by Gasteiger charge is 2.08. The Labute approximate surface area is 78.5 Å². The van der Waals surface area contributed by atoms with Gasteiger partial charge in [0.15, 0.2) is 0 Å². The van der Waals surface area contributed by atoms with Gasteiger partial charge in [0.1, 0.15) is 0 Å². The summed E-state index contributed by atoms with van der Waals surface area (Å²) in [5, 5.41) is 0. The van der Waals surface area contributed by atoms with E-state index < -0.39 is 0 Å². The molecule has 3 N–H and O–H groups in total. The van der Waals surface area contributed by atoms with Crippen LogP contribution in [0.5, 0.6) is 0 Å². The molecule has 0 aliphatic rings. The molecule has 0 aromatic carbocycles. The van der Waals surface area contributed by atoms with Crippen LogP contribution in [0.3, 0.4) is 0 Å². The van der Waals surface area contributed by atoms with Crippen LogP contribution in [0.15, 0.2) is 0 Å². The van der Waals surface area contributed by atoms with Gasteiger partial charge >= 0.3 is 0 Å². The molecule has 0 fully saturated rings. The van der Waals surface area contributed by atoms with Gasteiger partial charge in [-0.1, -0.05) is 59.8 Å². The van der Waals surface area contributed by atoms with Gasteiger partial charge in [-0.2, -0.15) is 0 Å². The van der Waals surface area contributed by atoms with Crippen LogP contribution in [-0.4, -0.2) is 0 Å². The number of rotatable bonds is 5. The molecule has 0 aromatic heterocycles. The fourth-order valence-electron chi connectivity index (χ4n) is 1.26. The molecule has 0 aliphatic heterocycles. The topological polar surface area (TPSA) is 35.0 Å². The van der Waals surface area contributed by atoms with Gasteiger partial charge < -0.3 is 6.15 Å². The highest BCUT2D eigenvalue weighted by Crippen LogP contribution is 2.22. The molecule has 0 aromatic rings. The Bertz CT molecular complexity index is 81.5. The fraction of sp³-hybridized carbons (Fsp3) is 1.00. The SMILES string of the molecule is CCCCCCCC(C)(C)C.N. The molecule has 1 heteroatoms. The van der Waals surface area contributed by atoms with Crippen LogP contribution < -0.4 is 6.15 Å².